The molecule has 0 aliphatic carbocycles. The Hall–Kier alpha value is -4.28. The first kappa shape index (κ1) is 18.7. The summed E-state index contributed by atoms with van der Waals surface area (Å²) in [4.78, 5) is 12.7. The van der Waals surface area contributed by atoms with Gasteiger partial charge < -0.3 is 14.8 Å². The number of benzene rings is 2. The van der Waals surface area contributed by atoms with Crippen LogP contribution in [0.4, 0.5) is 16.0 Å². The van der Waals surface area contributed by atoms with Crippen molar-refractivity contribution >= 4 is 11.6 Å². The Bertz CT molecular complexity index is 1330. The largest absolute Gasteiger partial charge is 0.497 e. The van der Waals surface area contributed by atoms with Crippen LogP contribution in [-0.4, -0.2) is 44.6 Å². The van der Waals surface area contributed by atoms with Crippen molar-refractivity contribution in [2.24, 2.45) is 0 Å². The van der Waals surface area contributed by atoms with E-state index < -0.39 is 11.6 Å². The predicted octanol–water partition coefficient (Wildman–Crippen LogP) is 2.27. The molecule has 0 spiro atoms. The summed E-state index contributed by atoms with van der Waals surface area (Å²) in [6.07, 6.45) is 0. The van der Waals surface area contributed by atoms with Crippen LogP contribution in [0.15, 0.2) is 47.3 Å². The summed E-state index contributed by atoms with van der Waals surface area (Å²) in [7, 11) is 3.10. The highest BCUT2D eigenvalue weighted by molar-refractivity contribution is 5.76. The predicted molar refractivity (Wildman–Crippen MR) is 108 cm³/mol. The first-order valence-electron chi connectivity index (χ1n) is 9.26. The number of H-pyrrole nitrogens is 1. The topological polar surface area (TPSA) is 120 Å². The Kier molecular flexibility index (Phi) is 4.35. The number of ether oxygens (including phenoxy) is 2. The van der Waals surface area contributed by atoms with Crippen LogP contribution in [0.3, 0.4) is 0 Å². The fourth-order valence-electron chi connectivity index (χ4n) is 3.70. The number of hydrogen-bond donors (Lipinski definition) is 2. The number of fused-ring (bicyclic) bond motifs is 2. The lowest BCUT2D eigenvalue weighted by Gasteiger charge is -2.28. The second-order valence-corrected chi connectivity index (χ2v) is 6.78. The molecule has 0 saturated heterocycles. The number of aromatic nitrogens is 6. The van der Waals surface area contributed by atoms with E-state index >= 15 is 0 Å². The molecular weight excluding hydrogens is 405 g/mol. The van der Waals surface area contributed by atoms with Crippen LogP contribution in [0.25, 0.3) is 11.3 Å². The molecule has 0 radical (unpaired) electrons. The second kappa shape index (κ2) is 7.20. The summed E-state index contributed by atoms with van der Waals surface area (Å²) in [5, 5.41) is 21.6. The third-order valence-electron chi connectivity index (χ3n) is 5.12. The van der Waals surface area contributed by atoms with Crippen LogP contribution in [0.2, 0.25) is 0 Å². The number of methoxy groups -OCH3 is 2. The van der Waals surface area contributed by atoms with Crippen molar-refractivity contribution in [3.05, 3.63) is 69.8 Å². The molecule has 0 amide bonds. The lowest BCUT2D eigenvalue weighted by atomic mass is 9.92. The zero-order chi connectivity index (χ0) is 21.5. The standard InChI is InChI=1S/C20H16FN7O3/c1-30-12-7-8-13(14(9-12)31-2)18-15-16(10-3-5-11(21)6-4-10)23-24-19(29)17(15)22-20-25-26-27-28(18)20/h3-9,18H,1-2H3,(H,24,29)(H,22,25,27)/t18-/m1/s1. The number of anilines is 2. The highest BCUT2D eigenvalue weighted by Crippen LogP contribution is 2.44. The van der Waals surface area contributed by atoms with Gasteiger partial charge in [0.05, 0.1) is 19.9 Å². The van der Waals surface area contributed by atoms with Gasteiger partial charge in [0.2, 0.25) is 5.95 Å². The van der Waals surface area contributed by atoms with Crippen LogP contribution in [0.5, 0.6) is 11.5 Å². The van der Waals surface area contributed by atoms with Crippen molar-refractivity contribution in [2.75, 3.05) is 19.5 Å². The van der Waals surface area contributed by atoms with Crippen LogP contribution in [0.1, 0.15) is 17.2 Å². The molecule has 31 heavy (non-hydrogen) atoms. The van der Waals surface area contributed by atoms with E-state index in [1.54, 1.807) is 36.1 Å². The fourth-order valence-corrected chi connectivity index (χ4v) is 3.70. The first-order chi connectivity index (χ1) is 15.1. The molecule has 10 nitrogen and oxygen atoms in total. The Morgan fingerprint density at radius 2 is 1.90 bits per heavy atom. The van der Waals surface area contributed by atoms with Gasteiger partial charge >= 0.3 is 0 Å². The molecule has 1 aliphatic heterocycles. The lowest BCUT2D eigenvalue weighted by molar-refractivity contribution is 0.386. The summed E-state index contributed by atoms with van der Waals surface area (Å²) in [5.74, 6) is 1.03. The number of nitrogens with one attached hydrogen (secondary N) is 2. The maximum absolute atomic E-state index is 13.5. The monoisotopic (exact) mass is 421 g/mol. The zero-order valence-corrected chi connectivity index (χ0v) is 16.5. The average Bonchev–Trinajstić information content (AvgIpc) is 3.27. The number of halogens is 1. The van der Waals surface area contributed by atoms with Gasteiger partial charge in [0.1, 0.15) is 29.0 Å². The van der Waals surface area contributed by atoms with Crippen molar-refractivity contribution in [1.29, 1.82) is 0 Å². The smallest absolute Gasteiger partial charge is 0.288 e. The second-order valence-electron chi connectivity index (χ2n) is 6.78. The van der Waals surface area contributed by atoms with E-state index in [2.05, 4.69) is 31.0 Å². The molecule has 0 fully saturated rings. The summed E-state index contributed by atoms with van der Waals surface area (Å²) in [6, 6.07) is 10.5. The van der Waals surface area contributed by atoms with Gasteiger partial charge in [0.15, 0.2) is 0 Å². The molecule has 2 aromatic heterocycles. The van der Waals surface area contributed by atoms with Crippen molar-refractivity contribution in [2.45, 2.75) is 6.04 Å². The molecule has 11 heteroatoms. The third kappa shape index (κ3) is 2.98. The summed E-state index contributed by atoms with van der Waals surface area (Å²) >= 11 is 0. The normalized spacial score (nSPS) is 14.4. The van der Waals surface area contributed by atoms with Gasteiger partial charge in [-0.25, -0.2) is 9.49 Å². The van der Waals surface area contributed by atoms with E-state index in [4.69, 9.17) is 9.47 Å². The molecule has 0 bridgehead atoms. The van der Waals surface area contributed by atoms with Crippen LogP contribution in [0, 0.1) is 5.82 Å². The maximum Gasteiger partial charge on any atom is 0.288 e. The summed E-state index contributed by atoms with van der Waals surface area (Å²) in [5.41, 5.74) is 2.09. The average molecular weight is 421 g/mol. The molecule has 2 N–H and O–H groups in total. The molecule has 4 aromatic rings. The Balaban J connectivity index is 1.82. The Morgan fingerprint density at radius 3 is 2.65 bits per heavy atom. The zero-order valence-electron chi connectivity index (χ0n) is 16.5. The molecule has 5 rings (SSSR count). The molecule has 2 aromatic carbocycles. The van der Waals surface area contributed by atoms with E-state index in [1.807, 2.05) is 6.07 Å². The number of rotatable bonds is 4. The molecule has 0 saturated carbocycles. The molecule has 3 heterocycles. The number of aromatic amines is 1. The summed E-state index contributed by atoms with van der Waals surface area (Å²) < 4.78 is 26.0. The van der Waals surface area contributed by atoms with Crippen LogP contribution >= 0.6 is 0 Å². The lowest BCUT2D eigenvalue weighted by Crippen LogP contribution is -2.29. The summed E-state index contributed by atoms with van der Waals surface area (Å²) in [6.45, 7) is 0. The number of hydrogen-bond acceptors (Lipinski definition) is 8. The van der Waals surface area contributed by atoms with Crippen molar-refractivity contribution < 1.29 is 13.9 Å². The minimum absolute atomic E-state index is 0.250. The van der Waals surface area contributed by atoms with Crippen LogP contribution in [-0.2, 0) is 0 Å². The van der Waals surface area contributed by atoms with Gasteiger partial charge in [-0.1, -0.05) is 5.10 Å². The van der Waals surface area contributed by atoms with Gasteiger partial charge in [0, 0.05) is 22.8 Å². The molecule has 0 unspecified atom stereocenters. The van der Waals surface area contributed by atoms with E-state index in [9.17, 15) is 9.18 Å². The number of tetrazole rings is 1. The van der Waals surface area contributed by atoms with Gasteiger partial charge in [-0.3, -0.25) is 4.79 Å². The van der Waals surface area contributed by atoms with Gasteiger partial charge in [0.25, 0.3) is 5.56 Å². The Labute approximate surface area is 174 Å². The van der Waals surface area contributed by atoms with Gasteiger partial charge in [-0.2, -0.15) is 9.78 Å². The Morgan fingerprint density at radius 1 is 1.10 bits per heavy atom. The highest BCUT2D eigenvalue weighted by atomic mass is 19.1. The molecule has 1 atom stereocenters. The third-order valence-corrected chi connectivity index (χ3v) is 5.12. The quantitative estimate of drug-likeness (QED) is 0.454. The van der Waals surface area contributed by atoms with Crippen molar-refractivity contribution in [1.82, 2.24) is 30.4 Å². The van der Waals surface area contributed by atoms with Gasteiger partial charge in [-0.15, -0.1) is 0 Å². The fraction of sp³-hybridized carbons (Fsp3) is 0.150. The van der Waals surface area contributed by atoms with E-state index in [-0.39, 0.29) is 17.5 Å². The highest BCUT2D eigenvalue weighted by Gasteiger charge is 2.36. The van der Waals surface area contributed by atoms with Gasteiger partial charge in [-0.05, 0) is 46.8 Å². The van der Waals surface area contributed by atoms with Crippen molar-refractivity contribution in [3.63, 3.8) is 0 Å². The SMILES string of the molecule is COc1ccc([C@@H]2c3c(-c4ccc(F)cc4)n[nH]c(=O)c3Nc3nnnn32)c(OC)c1. The molecule has 1 aliphatic rings. The van der Waals surface area contributed by atoms with E-state index in [1.165, 1.54) is 19.2 Å². The molecular formula is C20H16FN7O3. The number of nitrogens with zero attached hydrogens (tertiary/aromatic N) is 5. The maximum atomic E-state index is 13.5. The minimum atomic E-state index is -0.642. The van der Waals surface area contributed by atoms with E-state index in [0.717, 1.165) is 0 Å². The molecule has 156 valence electrons. The first-order valence-corrected chi connectivity index (χ1v) is 9.26. The van der Waals surface area contributed by atoms with E-state index in [0.29, 0.717) is 33.9 Å². The van der Waals surface area contributed by atoms with Crippen LogP contribution < -0.4 is 20.3 Å². The van der Waals surface area contributed by atoms with Crippen molar-refractivity contribution in [3.8, 4) is 22.8 Å². The minimum Gasteiger partial charge on any atom is -0.497 e.